The first kappa shape index (κ1) is 21.7. The quantitative estimate of drug-likeness (QED) is 0.267. The highest BCUT2D eigenvalue weighted by molar-refractivity contribution is 6.06. The SMILES string of the molecule is N/N=C(\CC(C(N)=O)(c1cccc2ncccc12)C(F)(F)F)c1ccc([N+](=O)[O-])cc1. The third-order valence-corrected chi connectivity index (χ3v) is 5.01. The first-order chi connectivity index (χ1) is 14.6. The molecule has 1 atom stereocenters. The number of hydrazone groups is 1. The van der Waals surface area contributed by atoms with Gasteiger partial charge < -0.3 is 11.6 Å². The van der Waals surface area contributed by atoms with Crippen LogP contribution in [0.4, 0.5) is 18.9 Å². The number of nitrogens with two attached hydrogens (primary N) is 2. The Hall–Kier alpha value is -4.02. The number of halogens is 3. The third-order valence-electron chi connectivity index (χ3n) is 5.01. The predicted octanol–water partition coefficient (Wildman–Crippen LogP) is 3.18. The molecule has 0 aliphatic rings. The number of fused-ring (bicyclic) bond motifs is 1. The normalized spacial score (nSPS) is 14.2. The molecule has 3 rings (SSSR count). The van der Waals surface area contributed by atoms with Crippen LogP contribution in [0.15, 0.2) is 65.9 Å². The van der Waals surface area contributed by atoms with Gasteiger partial charge in [-0.1, -0.05) is 18.2 Å². The molecule has 1 aromatic heterocycles. The van der Waals surface area contributed by atoms with Gasteiger partial charge in [0.05, 0.1) is 16.2 Å². The van der Waals surface area contributed by atoms with Crippen LogP contribution in [-0.2, 0) is 10.2 Å². The highest BCUT2D eigenvalue weighted by atomic mass is 19.4. The maximum atomic E-state index is 14.5. The topological polar surface area (TPSA) is 138 Å². The van der Waals surface area contributed by atoms with Crippen molar-refractivity contribution in [3.8, 4) is 0 Å². The van der Waals surface area contributed by atoms with Crippen molar-refractivity contribution in [2.45, 2.75) is 18.0 Å². The van der Waals surface area contributed by atoms with Gasteiger partial charge in [0.2, 0.25) is 5.91 Å². The van der Waals surface area contributed by atoms with Gasteiger partial charge in [-0.2, -0.15) is 18.3 Å². The van der Waals surface area contributed by atoms with Crippen molar-refractivity contribution in [3.63, 3.8) is 0 Å². The van der Waals surface area contributed by atoms with E-state index in [1.807, 2.05) is 0 Å². The Morgan fingerprint density at radius 1 is 1.10 bits per heavy atom. The fraction of sp³-hybridized carbons (Fsp3) is 0.150. The summed E-state index contributed by atoms with van der Waals surface area (Å²) in [5.41, 5.74) is 1.57. The van der Waals surface area contributed by atoms with Gasteiger partial charge in [0, 0.05) is 30.1 Å². The molecule has 1 heterocycles. The third kappa shape index (κ3) is 3.77. The summed E-state index contributed by atoms with van der Waals surface area (Å²) in [5.74, 6) is 3.73. The first-order valence-electron chi connectivity index (χ1n) is 8.84. The minimum atomic E-state index is -5.11. The molecule has 0 spiro atoms. The van der Waals surface area contributed by atoms with Gasteiger partial charge in [0.25, 0.3) is 5.69 Å². The summed E-state index contributed by atoms with van der Waals surface area (Å²) in [6.45, 7) is 0. The molecule has 4 N–H and O–H groups in total. The van der Waals surface area contributed by atoms with Gasteiger partial charge in [0.15, 0.2) is 5.41 Å². The zero-order chi connectivity index (χ0) is 22.8. The van der Waals surface area contributed by atoms with Crippen molar-refractivity contribution in [3.05, 3.63) is 82.0 Å². The van der Waals surface area contributed by atoms with Crippen LogP contribution in [0.5, 0.6) is 0 Å². The summed E-state index contributed by atoms with van der Waals surface area (Å²) in [4.78, 5) is 26.7. The standard InChI is InChI=1S/C20H16F3N5O3/c21-20(22,23)19(18(24)29,15-4-1-5-16-14(15)3-2-10-26-16)11-17(27-25)12-6-8-13(9-7-12)28(30)31/h1-10H,11,25H2,(H2,24,29)/b27-17+. The lowest BCUT2D eigenvalue weighted by atomic mass is 9.72. The monoisotopic (exact) mass is 431 g/mol. The van der Waals surface area contributed by atoms with Gasteiger partial charge in [0.1, 0.15) is 0 Å². The number of alkyl halides is 3. The number of hydrogen-bond acceptors (Lipinski definition) is 6. The largest absolute Gasteiger partial charge is 0.407 e. The van der Waals surface area contributed by atoms with E-state index >= 15 is 0 Å². The van der Waals surface area contributed by atoms with Gasteiger partial charge in [-0.05, 0) is 35.4 Å². The minimum absolute atomic E-state index is 0.0846. The van der Waals surface area contributed by atoms with Crippen molar-refractivity contribution in [1.82, 2.24) is 4.98 Å². The summed E-state index contributed by atoms with van der Waals surface area (Å²) in [7, 11) is 0. The first-order valence-corrected chi connectivity index (χ1v) is 8.84. The summed E-state index contributed by atoms with van der Waals surface area (Å²) >= 11 is 0. The zero-order valence-electron chi connectivity index (χ0n) is 15.8. The molecule has 11 heteroatoms. The Labute approximate surface area is 173 Å². The highest BCUT2D eigenvalue weighted by Gasteiger charge is 2.61. The molecule has 0 aliphatic carbocycles. The maximum absolute atomic E-state index is 14.5. The molecule has 8 nitrogen and oxygen atoms in total. The molecule has 0 radical (unpaired) electrons. The number of aromatic nitrogens is 1. The van der Waals surface area contributed by atoms with Crippen LogP contribution in [0, 0.1) is 10.1 Å². The number of rotatable bonds is 6. The predicted molar refractivity (Wildman–Crippen MR) is 107 cm³/mol. The number of benzene rings is 2. The van der Waals surface area contributed by atoms with Gasteiger partial charge >= 0.3 is 6.18 Å². The summed E-state index contributed by atoms with van der Waals surface area (Å²) in [6, 6.07) is 11.5. The second-order valence-corrected chi connectivity index (χ2v) is 6.70. The van der Waals surface area contributed by atoms with E-state index in [0.29, 0.717) is 0 Å². The van der Waals surface area contributed by atoms with E-state index in [4.69, 9.17) is 11.6 Å². The van der Waals surface area contributed by atoms with Crippen LogP contribution < -0.4 is 11.6 Å². The van der Waals surface area contributed by atoms with Crippen LogP contribution in [-0.4, -0.2) is 27.7 Å². The van der Waals surface area contributed by atoms with E-state index in [-0.39, 0.29) is 33.4 Å². The summed E-state index contributed by atoms with van der Waals surface area (Å²) in [5, 5.41) is 14.4. The van der Waals surface area contributed by atoms with Crippen LogP contribution >= 0.6 is 0 Å². The van der Waals surface area contributed by atoms with Crippen LogP contribution in [0.25, 0.3) is 10.9 Å². The van der Waals surface area contributed by atoms with Crippen molar-refractivity contribution in [2.75, 3.05) is 0 Å². The maximum Gasteiger partial charge on any atom is 0.407 e. The van der Waals surface area contributed by atoms with Crippen molar-refractivity contribution in [2.24, 2.45) is 16.7 Å². The Kier molecular flexibility index (Phi) is 5.60. The number of amides is 1. The van der Waals surface area contributed by atoms with Gasteiger partial charge in [-0.15, -0.1) is 0 Å². The molecule has 0 bridgehead atoms. The van der Waals surface area contributed by atoms with E-state index in [1.54, 1.807) is 0 Å². The molecule has 0 aliphatic heterocycles. The van der Waals surface area contributed by atoms with Crippen LogP contribution in [0.1, 0.15) is 17.5 Å². The van der Waals surface area contributed by atoms with Crippen LogP contribution in [0.2, 0.25) is 0 Å². The van der Waals surface area contributed by atoms with Gasteiger partial charge in [-0.25, -0.2) is 0 Å². The fourth-order valence-electron chi connectivity index (χ4n) is 3.43. The number of primary amides is 1. The van der Waals surface area contributed by atoms with E-state index in [0.717, 1.165) is 18.2 Å². The number of carbonyl (C=O) groups is 1. The number of nitro benzene ring substituents is 1. The lowest BCUT2D eigenvalue weighted by Crippen LogP contribution is -2.54. The molecule has 0 saturated heterocycles. The lowest BCUT2D eigenvalue weighted by molar-refractivity contribution is -0.384. The Morgan fingerprint density at radius 3 is 2.32 bits per heavy atom. The second kappa shape index (κ2) is 8.01. The van der Waals surface area contributed by atoms with Crippen molar-refractivity contribution in [1.29, 1.82) is 0 Å². The number of non-ortho nitro benzene ring substituents is 1. The number of pyridine rings is 1. The molecule has 31 heavy (non-hydrogen) atoms. The van der Waals surface area contributed by atoms with E-state index in [9.17, 15) is 28.1 Å². The Morgan fingerprint density at radius 2 is 1.77 bits per heavy atom. The average Bonchev–Trinajstić information content (AvgIpc) is 2.73. The number of nitrogens with zero attached hydrogens (tertiary/aromatic N) is 3. The molecular weight excluding hydrogens is 415 g/mol. The summed E-state index contributed by atoms with van der Waals surface area (Å²) < 4.78 is 43.5. The highest BCUT2D eigenvalue weighted by Crippen LogP contribution is 2.46. The number of hydrogen-bond donors (Lipinski definition) is 2. The molecule has 1 amide bonds. The smallest absolute Gasteiger partial charge is 0.369 e. The van der Waals surface area contributed by atoms with Gasteiger partial charge in [-0.3, -0.25) is 19.9 Å². The van der Waals surface area contributed by atoms with Crippen molar-refractivity contribution < 1.29 is 22.9 Å². The molecule has 2 aromatic carbocycles. The van der Waals surface area contributed by atoms with E-state index in [2.05, 4.69) is 10.1 Å². The molecule has 160 valence electrons. The fourth-order valence-corrected chi connectivity index (χ4v) is 3.43. The number of carbonyl (C=O) groups excluding carboxylic acids is 1. The van der Waals surface area contributed by atoms with E-state index in [1.165, 1.54) is 42.6 Å². The van der Waals surface area contributed by atoms with Crippen molar-refractivity contribution >= 4 is 28.2 Å². The molecule has 0 saturated carbocycles. The lowest BCUT2D eigenvalue weighted by Gasteiger charge is -2.34. The van der Waals surface area contributed by atoms with E-state index < -0.39 is 28.8 Å². The zero-order valence-corrected chi connectivity index (χ0v) is 15.8. The molecule has 0 fully saturated rings. The van der Waals surface area contributed by atoms with Crippen LogP contribution in [0.3, 0.4) is 0 Å². The average molecular weight is 431 g/mol. The minimum Gasteiger partial charge on any atom is -0.369 e. The molecule has 3 aromatic rings. The molecular formula is C20H16F3N5O3. The number of nitro groups is 1. The summed E-state index contributed by atoms with van der Waals surface area (Å²) in [6.07, 6.45) is -4.71. The Bertz CT molecular complexity index is 1170. The Balaban J connectivity index is 2.22. The second-order valence-electron chi connectivity index (χ2n) is 6.70. The molecule has 1 unspecified atom stereocenters.